The average Bonchev–Trinajstić information content (AvgIpc) is 3.41. The van der Waals surface area contributed by atoms with Gasteiger partial charge in [0.2, 0.25) is 0 Å². The van der Waals surface area contributed by atoms with E-state index in [-0.39, 0.29) is 11.6 Å². The number of rotatable bonds is 6. The van der Waals surface area contributed by atoms with E-state index < -0.39 is 6.04 Å². The smallest absolute Gasteiger partial charge is 0.193 e. The van der Waals surface area contributed by atoms with Crippen molar-refractivity contribution in [2.45, 2.75) is 6.04 Å². The number of pyridine rings is 1. The van der Waals surface area contributed by atoms with Crippen molar-refractivity contribution in [2.75, 3.05) is 12.4 Å². The lowest BCUT2D eigenvalue weighted by molar-refractivity contribution is 0.0970. The van der Waals surface area contributed by atoms with Crippen LogP contribution >= 0.6 is 0 Å². The normalized spacial score (nSPS) is 12.2. The number of H-pyrrole nitrogens is 1. The Hall–Kier alpha value is -4.13. The molecule has 0 saturated carbocycles. The van der Waals surface area contributed by atoms with Gasteiger partial charge in [-0.3, -0.25) is 4.79 Å². The lowest BCUT2D eigenvalue weighted by Crippen LogP contribution is -2.21. The number of hydrogen-bond acceptors (Lipinski definition) is 4. The predicted octanol–water partition coefficient (Wildman–Crippen LogP) is 5.00. The summed E-state index contributed by atoms with van der Waals surface area (Å²) >= 11 is 0. The second-order valence-corrected chi connectivity index (χ2v) is 7.20. The summed E-state index contributed by atoms with van der Waals surface area (Å²) in [4.78, 5) is 21.4. The van der Waals surface area contributed by atoms with Crippen molar-refractivity contribution in [1.29, 1.82) is 0 Å². The Bertz CT molecular complexity index is 1410. The third kappa shape index (κ3) is 3.50. The van der Waals surface area contributed by atoms with Gasteiger partial charge in [0.05, 0.1) is 12.8 Å². The van der Waals surface area contributed by atoms with Crippen LogP contribution in [0.4, 0.5) is 10.1 Å². The number of carbonyl (C=O) groups is 1. The lowest BCUT2D eigenvalue weighted by atomic mass is 10.0. The highest BCUT2D eigenvalue weighted by Crippen LogP contribution is 2.29. The van der Waals surface area contributed by atoms with Gasteiger partial charge >= 0.3 is 0 Å². The van der Waals surface area contributed by atoms with Gasteiger partial charge in [-0.25, -0.2) is 9.37 Å². The number of para-hydroxylation sites is 1. The molecule has 0 amide bonds. The minimum Gasteiger partial charge on any atom is -0.497 e. The number of carbonyl (C=O) groups excluding carboxylic acids is 1. The van der Waals surface area contributed by atoms with E-state index in [0.29, 0.717) is 28.3 Å². The number of halogens is 1. The van der Waals surface area contributed by atoms with Gasteiger partial charge in [-0.2, -0.15) is 0 Å². The zero-order valence-electron chi connectivity index (χ0n) is 16.7. The minimum atomic E-state index is -0.783. The fourth-order valence-corrected chi connectivity index (χ4v) is 3.71. The zero-order valence-corrected chi connectivity index (χ0v) is 16.7. The van der Waals surface area contributed by atoms with E-state index in [9.17, 15) is 9.18 Å². The molecule has 0 saturated heterocycles. The van der Waals surface area contributed by atoms with Crippen molar-refractivity contribution < 1.29 is 13.9 Å². The van der Waals surface area contributed by atoms with Crippen molar-refractivity contribution in [3.63, 3.8) is 0 Å². The summed E-state index contributed by atoms with van der Waals surface area (Å²) in [5.74, 6) is 0.140. The molecule has 0 aliphatic rings. The molecule has 5 rings (SSSR count). The molecular formula is C24H19FN4O2. The minimum absolute atomic E-state index is 0.149. The van der Waals surface area contributed by atoms with Crippen LogP contribution in [-0.4, -0.2) is 27.3 Å². The van der Waals surface area contributed by atoms with E-state index in [2.05, 4.69) is 15.3 Å². The fraction of sp³-hybridized carbons (Fsp3) is 0.0833. The number of hydrogen-bond donors (Lipinski definition) is 2. The number of aromatic amines is 1. The van der Waals surface area contributed by atoms with E-state index in [1.807, 2.05) is 48.5 Å². The lowest BCUT2D eigenvalue weighted by Gasteiger charge is -2.17. The molecule has 7 heteroatoms. The Morgan fingerprint density at radius 1 is 1.13 bits per heavy atom. The van der Waals surface area contributed by atoms with Crippen LogP contribution in [0.3, 0.4) is 0 Å². The summed E-state index contributed by atoms with van der Waals surface area (Å²) < 4.78 is 20.6. The molecule has 3 heterocycles. The van der Waals surface area contributed by atoms with Crippen molar-refractivity contribution in [3.8, 4) is 5.75 Å². The van der Waals surface area contributed by atoms with E-state index in [1.54, 1.807) is 30.0 Å². The number of benzene rings is 2. The highest BCUT2D eigenvalue weighted by Gasteiger charge is 2.27. The van der Waals surface area contributed by atoms with Gasteiger partial charge in [-0.15, -0.1) is 0 Å². The van der Waals surface area contributed by atoms with Gasteiger partial charge in [0.25, 0.3) is 0 Å². The molecule has 6 nitrogen and oxygen atoms in total. The number of imidazole rings is 1. The van der Waals surface area contributed by atoms with Crippen LogP contribution in [0.5, 0.6) is 5.75 Å². The number of ether oxygens (including phenoxy) is 1. The molecule has 2 N–H and O–H groups in total. The van der Waals surface area contributed by atoms with Crippen LogP contribution in [0.1, 0.15) is 22.1 Å². The maximum absolute atomic E-state index is 13.7. The third-order valence-electron chi connectivity index (χ3n) is 5.23. The molecule has 0 spiro atoms. The molecule has 31 heavy (non-hydrogen) atoms. The van der Waals surface area contributed by atoms with Gasteiger partial charge < -0.3 is 19.4 Å². The van der Waals surface area contributed by atoms with Crippen LogP contribution in [-0.2, 0) is 0 Å². The Morgan fingerprint density at radius 2 is 2.00 bits per heavy atom. The summed E-state index contributed by atoms with van der Waals surface area (Å²) in [6.45, 7) is 0. The number of anilines is 1. The molecule has 1 unspecified atom stereocenters. The van der Waals surface area contributed by atoms with Crippen molar-refractivity contribution in [1.82, 2.24) is 14.4 Å². The first-order valence-electron chi connectivity index (χ1n) is 9.77. The number of aromatic nitrogens is 3. The molecule has 2 aromatic carbocycles. The monoisotopic (exact) mass is 414 g/mol. The van der Waals surface area contributed by atoms with E-state index in [1.165, 1.54) is 12.3 Å². The molecule has 0 fully saturated rings. The van der Waals surface area contributed by atoms with E-state index >= 15 is 0 Å². The van der Waals surface area contributed by atoms with Gasteiger partial charge in [0, 0.05) is 46.8 Å². The number of fused-ring (bicyclic) bond motifs is 2. The summed E-state index contributed by atoms with van der Waals surface area (Å²) in [6.07, 6.45) is 4.72. The van der Waals surface area contributed by atoms with E-state index in [4.69, 9.17) is 4.74 Å². The van der Waals surface area contributed by atoms with Crippen LogP contribution in [0.25, 0.3) is 16.6 Å². The van der Waals surface area contributed by atoms with E-state index in [0.717, 1.165) is 10.9 Å². The molecule has 0 radical (unpaired) electrons. The predicted molar refractivity (Wildman–Crippen MR) is 117 cm³/mol. The number of ketones is 1. The molecule has 1 atom stereocenters. The number of methoxy groups -OCH3 is 1. The standard InChI is InChI=1S/C24H19FN4O2/c1-31-17-6-4-5-16(11-17)27-23(21-14-29-13-15(25)9-10-22(29)28-21)24(30)19-12-26-20-8-3-2-7-18(19)20/h2-14,23,26-27H,1H3. The first-order chi connectivity index (χ1) is 15.1. The van der Waals surface area contributed by atoms with Gasteiger partial charge in [-0.05, 0) is 30.3 Å². The SMILES string of the molecule is COc1cccc(NC(C(=O)c2c[nH]c3ccccc23)c2cn3cc(F)ccc3n2)c1. The second kappa shape index (κ2) is 7.60. The largest absolute Gasteiger partial charge is 0.497 e. The molecular weight excluding hydrogens is 395 g/mol. The Labute approximate surface area is 177 Å². The van der Waals surface area contributed by atoms with Crippen LogP contribution in [0, 0.1) is 5.82 Å². The molecule has 0 bridgehead atoms. The molecule has 3 aromatic heterocycles. The van der Waals surface area contributed by atoms with Crippen LogP contribution in [0.15, 0.2) is 79.3 Å². The van der Waals surface area contributed by atoms with Crippen LogP contribution < -0.4 is 10.1 Å². The van der Waals surface area contributed by atoms with Crippen molar-refractivity contribution >= 4 is 28.0 Å². The summed E-state index contributed by atoms with van der Waals surface area (Å²) in [5.41, 5.74) is 3.19. The van der Waals surface area contributed by atoms with Crippen molar-refractivity contribution in [3.05, 3.63) is 96.3 Å². The quantitative estimate of drug-likeness (QED) is 0.384. The topological polar surface area (TPSA) is 71.4 Å². The summed E-state index contributed by atoms with van der Waals surface area (Å²) in [6, 6.07) is 17.1. The molecule has 0 aliphatic carbocycles. The highest BCUT2D eigenvalue weighted by molar-refractivity contribution is 6.11. The second-order valence-electron chi connectivity index (χ2n) is 7.20. The van der Waals surface area contributed by atoms with Gasteiger partial charge in [0.1, 0.15) is 23.3 Å². The fourth-order valence-electron chi connectivity index (χ4n) is 3.71. The van der Waals surface area contributed by atoms with Gasteiger partial charge in [0.15, 0.2) is 5.78 Å². The summed E-state index contributed by atoms with van der Waals surface area (Å²) in [5, 5.41) is 4.12. The average molecular weight is 414 g/mol. The Balaban J connectivity index is 1.61. The van der Waals surface area contributed by atoms with Crippen molar-refractivity contribution in [2.24, 2.45) is 0 Å². The molecule has 5 aromatic rings. The first kappa shape index (κ1) is 18.9. The Morgan fingerprint density at radius 3 is 2.87 bits per heavy atom. The third-order valence-corrected chi connectivity index (χ3v) is 5.23. The zero-order chi connectivity index (χ0) is 21.4. The number of nitrogens with zero attached hydrogens (tertiary/aromatic N) is 2. The van der Waals surface area contributed by atoms with Crippen LogP contribution in [0.2, 0.25) is 0 Å². The molecule has 0 aliphatic heterocycles. The van der Waals surface area contributed by atoms with Gasteiger partial charge in [-0.1, -0.05) is 24.3 Å². The maximum atomic E-state index is 13.7. The number of Topliss-reactive ketones (excluding diaryl/α,β-unsaturated/α-hetero) is 1. The summed E-state index contributed by atoms with van der Waals surface area (Å²) in [7, 11) is 1.59. The number of nitrogens with one attached hydrogen (secondary N) is 2. The first-order valence-corrected chi connectivity index (χ1v) is 9.77. The Kier molecular flexibility index (Phi) is 4.63. The maximum Gasteiger partial charge on any atom is 0.193 e. The molecule has 154 valence electrons. The highest BCUT2D eigenvalue weighted by atomic mass is 19.1.